The lowest BCUT2D eigenvalue weighted by atomic mass is 9.94. The molecule has 4 aromatic heterocycles. The second kappa shape index (κ2) is 12.1. The molecular formula is C49H29N3O2. The molecule has 0 aliphatic carbocycles. The number of fused-ring (bicyclic) bond motifs is 7. The van der Waals surface area contributed by atoms with Crippen molar-refractivity contribution in [2.45, 2.75) is 0 Å². The molecule has 0 aliphatic heterocycles. The van der Waals surface area contributed by atoms with Crippen molar-refractivity contribution in [3.63, 3.8) is 0 Å². The monoisotopic (exact) mass is 691 g/mol. The van der Waals surface area contributed by atoms with Crippen LogP contribution in [0.4, 0.5) is 0 Å². The Labute approximate surface area is 309 Å². The molecule has 0 saturated heterocycles. The van der Waals surface area contributed by atoms with Crippen LogP contribution in [-0.4, -0.2) is 15.0 Å². The van der Waals surface area contributed by atoms with Gasteiger partial charge in [0.2, 0.25) is 0 Å². The number of nitrogens with zero attached hydrogens (tertiary/aromatic N) is 3. The van der Waals surface area contributed by atoms with Crippen LogP contribution in [0.1, 0.15) is 0 Å². The molecule has 0 bridgehead atoms. The van der Waals surface area contributed by atoms with Gasteiger partial charge in [-0.3, -0.25) is 4.98 Å². The second-order valence-corrected chi connectivity index (χ2v) is 13.5. The summed E-state index contributed by atoms with van der Waals surface area (Å²) in [5.41, 5.74) is 13.0. The first-order chi connectivity index (χ1) is 26.8. The predicted octanol–water partition coefficient (Wildman–Crippen LogP) is 13.2. The Morgan fingerprint density at radius 1 is 0.370 bits per heavy atom. The van der Waals surface area contributed by atoms with E-state index in [1.165, 1.54) is 0 Å². The quantitative estimate of drug-likeness (QED) is 0.180. The van der Waals surface area contributed by atoms with Gasteiger partial charge in [-0.05, 0) is 53.1 Å². The summed E-state index contributed by atoms with van der Waals surface area (Å²) in [6.45, 7) is 0. The van der Waals surface area contributed by atoms with Crippen LogP contribution in [0.15, 0.2) is 185 Å². The fourth-order valence-corrected chi connectivity index (χ4v) is 7.83. The van der Waals surface area contributed by atoms with E-state index >= 15 is 0 Å². The van der Waals surface area contributed by atoms with Crippen molar-refractivity contribution in [2.75, 3.05) is 0 Å². The number of para-hydroxylation sites is 4. The van der Waals surface area contributed by atoms with Gasteiger partial charge in [-0.1, -0.05) is 133 Å². The van der Waals surface area contributed by atoms with Gasteiger partial charge in [0, 0.05) is 55.4 Å². The Hall–Kier alpha value is -7.37. The molecule has 11 rings (SSSR count). The van der Waals surface area contributed by atoms with Gasteiger partial charge in [-0.25, -0.2) is 9.97 Å². The van der Waals surface area contributed by atoms with E-state index in [0.29, 0.717) is 5.82 Å². The molecule has 0 amide bonds. The van der Waals surface area contributed by atoms with Crippen LogP contribution in [0, 0.1) is 0 Å². The maximum Gasteiger partial charge on any atom is 0.160 e. The zero-order valence-electron chi connectivity index (χ0n) is 28.9. The predicted molar refractivity (Wildman–Crippen MR) is 219 cm³/mol. The third kappa shape index (κ3) is 4.83. The van der Waals surface area contributed by atoms with Crippen LogP contribution >= 0.6 is 0 Å². The zero-order valence-corrected chi connectivity index (χ0v) is 28.9. The lowest BCUT2D eigenvalue weighted by molar-refractivity contribution is 0.669. The lowest BCUT2D eigenvalue weighted by Crippen LogP contribution is -1.96. The minimum absolute atomic E-state index is 0.637. The number of furan rings is 2. The third-order valence-corrected chi connectivity index (χ3v) is 10.4. The van der Waals surface area contributed by atoms with E-state index in [0.717, 1.165) is 105 Å². The van der Waals surface area contributed by atoms with Crippen LogP contribution in [0.2, 0.25) is 0 Å². The Kier molecular flexibility index (Phi) is 6.79. The summed E-state index contributed by atoms with van der Waals surface area (Å²) < 4.78 is 13.3. The zero-order chi connectivity index (χ0) is 35.6. The van der Waals surface area contributed by atoms with E-state index in [1.807, 2.05) is 60.8 Å². The fourth-order valence-electron chi connectivity index (χ4n) is 7.83. The molecule has 11 aromatic rings. The van der Waals surface area contributed by atoms with E-state index in [4.69, 9.17) is 18.8 Å². The first kappa shape index (κ1) is 30.3. The number of hydrogen-bond acceptors (Lipinski definition) is 5. The summed E-state index contributed by atoms with van der Waals surface area (Å²) in [7, 11) is 0. The van der Waals surface area contributed by atoms with Crippen molar-refractivity contribution in [2.24, 2.45) is 0 Å². The fraction of sp³-hybridized carbons (Fsp3) is 0. The maximum atomic E-state index is 6.77. The van der Waals surface area contributed by atoms with Crippen molar-refractivity contribution in [1.82, 2.24) is 15.0 Å². The topological polar surface area (TPSA) is 65.0 Å². The van der Waals surface area contributed by atoms with Crippen molar-refractivity contribution in [3.05, 3.63) is 176 Å². The molecule has 0 fully saturated rings. The third-order valence-electron chi connectivity index (χ3n) is 10.4. The summed E-state index contributed by atoms with van der Waals surface area (Å²) in [5.74, 6) is 0.637. The molecule has 252 valence electrons. The molecule has 0 saturated carbocycles. The largest absolute Gasteiger partial charge is 0.455 e. The van der Waals surface area contributed by atoms with Crippen LogP contribution in [-0.2, 0) is 0 Å². The molecule has 0 radical (unpaired) electrons. The van der Waals surface area contributed by atoms with Crippen LogP contribution in [0.3, 0.4) is 0 Å². The molecule has 54 heavy (non-hydrogen) atoms. The van der Waals surface area contributed by atoms with E-state index in [-0.39, 0.29) is 0 Å². The van der Waals surface area contributed by atoms with Gasteiger partial charge >= 0.3 is 0 Å². The molecule has 0 aliphatic rings. The Balaban J connectivity index is 1.11. The van der Waals surface area contributed by atoms with Crippen molar-refractivity contribution in [3.8, 4) is 56.2 Å². The smallest absolute Gasteiger partial charge is 0.160 e. The minimum Gasteiger partial charge on any atom is -0.455 e. The highest BCUT2D eigenvalue weighted by atomic mass is 16.3. The molecule has 4 heterocycles. The number of hydrogen-bond donors (Lipinski definition) is 0. The SMILES string of the molecule is c1ccc(-c2cc(-c3ccc(-c4cccc5c4oc4ccccc45)c4c3oc3ccccc34)nc(-c3ccc(-c4ccnc5ccccc45)cc3)n2)cc1. The van der Waals surface area contributed by atoms with Gasteiger partial charge in [-0.2, -0.15) is 0 Å². The van der Waals surface area contributed by atoms with Crippen LogP contribution in [0.5, 0.6) is 0 Å². The number of rotatable bonds is 5. The highest BCUT2D eigenvalue weighted by Crippen LogP contribution is 2.45. The minimum atomic E-state index is 0.637. The lowest BCUT2D eigenvalue weighted by Gasteiger charge is -2.12. The molecule has 0 N–H and O–H groups in total. The molecule has 0 spiro atoms. The van der Waals surface area contributed by atoms with Gasteiger partial charge in [0.05, 0.1) is 16.9 Å². The van der Waals surface area contributed by atoms with Gasteiger partial charge < -0.3 is 8.83 Å². The Morgan fingerprint density at radius 2 is 1.02 bits per heavy atom. The average Bonchev–Trinajstić information content (AvgIpc) is 3.83. The number of pyridine rings is 1. The molecule has 5 nitrogen and oxygen atoms in total. The first-order valence-electron chi connectivity index (χ1n) is 18.0. The highest BCUT2D eigenvalue weighted by Gasteiger charge is 2.22. The van der Waals surface area contributed by atoms with Crippen molar-refractivity contribution < 1.29 is 8.83 Å². The molecule has 0 atom stereocenters. The molecule has 7 aromatic carbocycles. The summed E-state index contributed by atoms with van der Waals surface area (Å²) in [6.07, 6.45) is 1.87. The normalized spacial score (nSPS) is 11.7. The first-order valence-corrected chi connectivity index (χ1v) is 18.0. The summed E-state index contributed by atoms with van der Waals surface area (Å²) in [5, 5.41) is 5.36. The van der Waals surface area contributed by atoms with Crippen molar-refractivity contribution in [1.29, 1.82) is 0 Å². The molecular weight excluding hydrogens is 663 g/mol. The molecule has 5 heteroatoms. The standard InChI is InChI=1S/C49H29N3O2/c1-2-11-31(12-3-1)42-29-43(52-49(51-42)32-23-21-30(22-24-32)33-27-28-50-41-18-7-4-13-34(33)41)39-26-25-36(46-40-15-6-9-20-45(40)54-48(39)46)38-17-10-16-37-35-14-5-8-19-44(35)53-47(37)38/h1-29H. The van der Waals surface area contributed by atoms with E-state index in [1.54, 1.807) is 0 Å². The van der Waals surface area contributed by atoms with Gasteiger partial charge in [0.1, 0.15) is 22.3 Å². The average molecular weight is 692 g/mol. The van der Waals surface area contributed by atoms with Crippen LogP contribution < -0.4 is 0 Å². The summed E-state index contributed by atoms with van der Waals surface area (Å²) >= 11 is 0. The maximum absolute atomic E-state index is 6.77. The Morgan fingerprint density at radius 3 is 1.87 bits per heavy atom. The second-order valence-electron chi connectivity index (χ2n) is 13.5. The Bertz CT molecular complexity index is 3210. The van der Waals surface area contributed by atoms with E-state index in [9.17, 15) is 0 Å². The highest BCUT2D eigenvalue weighted by molar-refractivity contribution is 6.19. The van der Waals surface area contributed by atoms with Crippen molar-refractivity contribution >= 4 is 54.8 Å². The molecule has 0 unspecified atom stereocenters. The number of aromatic nitrogens is 3. The summed E-state index contributed by atoms with van der Waals surface area (Å²) in [4.78, 5) is 14.9. The van der Waals surface area contributed by atoms with Gasteiger partial charge in [-0.15, -0.1) is 0 Å². The van der Waals surface area contributed by atoms with Gasteiger partial charge in [0.25, 0.3) is 0 Å². The van der Waals surface area contributed by atoms with E-state index in [2.05, 4.69) is 120 Å². The number of benzene rings is 7. The van der Waals surface area contributed by atoms with E-state index < -0.39 is 0 Å². The summed E-state index contributed by atoms with van der Waals surface area (Å²) in [6, 6.07) is 58.2. The van der Waals surface area contributed by atoms with Gasteiger partial charge in [0.15, 0.2) is 5.82 Å². The van der Waals surface area contributed by atoms with Crippen LogP contribution in [0.25, 0.3) is 111 Å².